The molecular formula is C14H11ClF3NO3S. The summed E-state index contributed by atoms with van der Waals surface area (Å²) >= 11 is 0. The number of hydrogen-bond acceptors (Lipinski definition) is 4. The number of pyridine rings is 1. The van der Waals surface area contributed by atoms with Gasteiger partial charge in [-0.05, 0) is 49.2 Å². The molecule has 1 aromatic heterocycles. The first-order valence-corrected chi connectivity index (χ1v) is 8.57. The van der Waals surface area contributed by atoms with E-state index in [0.29, 0.717) is 11.1 Å². The topological polar surface area (TPSA) is 56.3 Å². The minimum absolute atomic E-state index is 0.0956. The van der Waals surface area contributed by atoms with E-state index in [9.17, 15) is 21.6 Å². The number of nitrogens with zero attached hydrogens (tertiary/aromatic N) is 1. The van der Waals surface area contributed by atoms with Crippen LogP contribution in [0.5, 0.6) is 11.6 Å². The molecule has 124 valence electrons. The van der Waals surface area contributed by atoms with Crippen molar-refractivity contribution in [3.8, 4) is 11.6 Å². The molecule has 2 rings (SSSR count). The van der Waals surface area contributed by atoms with Crippen molar-refractivity contribution in [2.24, 2.45) is 0 Å². The lowest BCUT2D eigenvalue weighted by atomic mass is 10.1. The summed E-state index contributed by atoms with van der Waals surface area (Å²) in [6.45, 7) is 3.01. The standard InChI is InChI=1S/C14H11ClF3NO3S/c1-8-6-10(23(15,20)21)7-9(2)12(8)22-13-11(14(16,17)18)4-3-5-19-13/h3-7H,1-2H3. The SMILES string of the molecule is Cc1cc(S(=O)(=O)Cl)cc(C)c1Oc1ncccc1C(F)(F)F. The van der Waals surface area contributed by atoms with E-state index < -0.39 is 26.7 Å². The van der Waals surface area contributed by atoms with Crippen LogP contribution in [-0.2, 0) is 15.2 Å². The predicted molar refractivity (Wildman–Crippen MR) is 78.3 cm³/mol. The number of benzene rings is 1. The number of ether oxygens (including phenoxy) is 1. The molecule has 0 amide bonds. The number of halogens is 4. The zero-order valence-corrected chi connectivity index (χ0v) is 13.6. The Balaban J connectivity index is 2.51. The molecule has 0 N–H and O–H groups in total. The molecule has 0 aliphatic heterocycles. The van der Waals surface area contributed by atoms with Gasteiger partial charge in [0.25, 0.3) is 9.05 Å². The van der Waals surface area contributed by atoms with Crippen LogP contribution in [0.2, 0.25) is 0 Å². The van der Waals surface area contributed by atoms with Crippen LogP contribution < -0.4 is 4.74 Å². The van der Waals surface area contributed by atoms with Gasteiger partial charge in [0.15, 0.2) is 0 Å². The summed E-state index contributed by atoms with van der Waals surface area (Å²) in [7, 11) is 1.32. The highest BCUT2D eigenvalue weighted by Gasteiger charge is 2.35. The molecule has 0 fully saturated rings. The van der Waals surface area contributed by atoms with Crippen molar-refractivity contribution in [2.75, 3.05) is 0 Å². The van der Waals surface area contributed by atoms with Gasteiger partial charge >= 0.3 is 6.18 Å². The van der Waals surface area contributed by atoms with Crippen LogP contribution in [0.15, 0.2) is 35.4 Å². The first-order valence-electron chi connectivity index (χ1n) is 6.26. The molecule has 2 aromatic rings. The van der Waals surface area contributed by atoms with Crippen LogP contribution in [-0.4, -0.2) is 13.4 Å². The van der Waals surface area contributed by atoms with Gasteiger partial charge < -0.3 is 4.74 Å². The Morgan fingerprint density at radius 2 is 1.74 bits per heavy atom. The molecule has 0 saturated heterocycles. The Morgan fingerprint density at radius 1 is 1.17 bits per heavy atom. The van der Waals surface area contributed by atoms with E-state index in [-0.39, 0.29) is 10.6 Å². The molecule has 0 saturated carbocycles. The van der Waals surface area contributed by atoms with Crippen molar-refractivity contribution < 1.29 is 26.3 Å². The summed E-state index contributed by atoms with van der Waals surface area (Å²) in [5.74, 6) is -0.508. The van der Waals surface area contributed by atoms with Gasteiger partial charge in [0.1, 0.15) is 11.3 Å². The second kappa shape index (κ2) is 6.01. The van der Waals surface area contributed by atoms with Crippen molar-refractivity contribution in [2.45, 2.75) is 24.9 Å². The fourth-order valence-electron chi connectivity index (χ4n) is 2.00. The molecule has 9 heteroatoms. The number of rotatable bonds is 3. The van der Waals surface area contributed by atoms with Crippen LogP contribution in [0, 0.1) is 13.8 Å². The lowest BCUT2D eigenvalue weighted by molar-refractivity contribution is -0.138. The fourth-order valence-corrected chi connectivity index (χ4v) is 2.90. The number of hydrogen-bond donors (Lipinski definition) is 0. The summed E-state index contributed by atoms with van der Waals surface area (Å²) in [5, 5.41) is 0. The Kier molecular flexibility index (Phi) is 4.59. The van der Waals surface area contributed by atoms with E-state index in [1.807, 2.05) is 0 Å². The lowest BCUT2D eigenvalue weighted by Gasteiger charge is -2.15. The Labute approximate surface area is 135 Å². The van der Waals surface area contributed by atoms with Crippen molar-refractivity contribution in [3.63, 3.8) is 0 Å². The van der Waals surface area contributed by atoms with Crippen LogP contribution >= 0.6 is 10.7 Å². The van der Waals surface area contributed by atoms with Gasteiger partial charge in [-0.2, -0.15) is 13.2 Å². The maximum atomic E-state index is 13.0. The summed E-state index contributed by atoms with van der Waals surface area (Å²) in [5.41, 5.74) is -0.376. The van der Waals surface area contributed by atoms with Gasteiger partial charge in [0.2, 0.25) is 5.88 Å². The molecule has 0 aliphatic rings. The summed E-state index contributed by atoms with van der Waals surface area (Å²) < 4.78 is 66.9. The van der Waals surface area contributed by atoms with Crippen LogP contribution in [0.1, 0.15) is 16.7 Å². The van der Waals surface area contributed by atoms with Gasteiger partial charge in [0, 0.05) is 16.9 Å². The normalized spacial score (nSPS) is 12.3. The summed E-state index contributed by atoms with van der Waals surface area (Å²) in [4.78, 5) is 3.45. The maximum Gasteiger partial charge on any atom is 0.421 e. The average molecular weight is 366 g/mol. The third-order valence-corrected chi connectivity index (χ3v) is 4.32. The quantitative estimate of drug-likeness (QED) is 0.755. The Hall–Kier alpha value is -1.80. The van der Waals surface area contributed by atoms with Gasteiger partial charge in [-0.1, -0.05) is 0 Å². The molecule has 1 aromatic carbocycles. The number of aryl methyl sites for hydroxylation is 2. The van der Waals surface area contributed by atoms with Crippen molar-refractivity contribution >= 4 is 19.7 Å². The first-order chi connectivity index (χ1) is 10.5. The maximum absolute atomic E-state index is 13.0. The van der Waals surface area contributed by atoms with Gasteiger partial charge in [0.05, 0.1) is 4.90 Å². The van der Waals surface area contributed by atoms with Crippen LogP contribution in [0.3, 0.4) is 0 Å². The second-order valence-corrected chi connectivity index (χ2v) is 7.35. The highest BCUT2D eigenvalue weighted by Crippen LogP contribution is 2.38. The molecule has 0 aliphatic carbocycles. The lowest BCUT2D eigenvalue weighted by Crippen LogP contribution is -2.08. The molecule has 0 atom stereocenters. The smallest absolute Gasteiger partial charge is 0.421 e. The summed E-state index contributed by atoms with van der Waals surface area (Å²) in [6, 6.07) is 4.45. The molecule has 1 heterocycles. The van der Waals surface area contributed by atoms with Crippen molar-refractivity contribution in [1.82, 2.24) is 4.98 Å². The molecule has 23 heavy (non-hydrogen) atoms. The predicted octanol–water partition coefficient (Wildman–Crippen LogP) is 4.44. The van der Waals surface area contributed by atoms with E-state index in [1.54, 1.807) is 0 Å². The third-order valence-electron chi connectivity index (χ3n) is 2.99. The van der Waals surface area contributed by atoms with Gasteiger partial charge in [-0.15, -0.1) is 0 Å². The zero-order chi connectivity index (χ0) is 17.4. The van der Waals surface area contributed by atoms with E-state index in [1.165, 1.54) is 32.2 Å². The van der Waals surface area contributed by atoms with E-state index >= 15 is 0 Å². The van der Waals surface area contributed by atoms with E-state index in [4.69, 9.17) is 15.4 Å². The third kappa shape index (κ3) is 3.94. The highest BCUT2D eigenvalue weighted by molar-refractivity contribution is 8.13. The molecule has 0 unspecified atom stereocenters. The highest BCUT2D eigenvalue weighted by atomic mass is 35.7. The fraction of sp³-hybridized carbons (Fsp3) is 0.214. The van der Waals surface area contributed by atoms with Crippen molar-refractivity contribution in [3.05, 3.63) is 47.2 Å². The molecule has 0 radical (unpaired) electrons. The second-order valence-electron chi connectivity index (χ2n) is 4.78. The van der Waals surface area contributed by atoms with Crippen LogP contribution in [0.4, 0.5) is 13.2 Å². The van der Waals surface area contributed by atoms with Crippen molar-refractivity contribution in [1.29, 1.82) is 0 Å². The minimum atomic E-state index is -4.62. The van der Waals surface area contributed by atoms with E-state index in [0.717, 1.165) is 12.1 Å². The molecular weight excluding hydrogens is 355 g/mol. The largest absolute Gasteiger partial charge is 0.438 e. The Morgan fingerprint density at radius 3 is 2.22 bits per heavy atom. The van der Waals surface area contributed by atoms with Gasteiger partial charge in [-0.25, -0.2) is 13.4 Å². The number of aromatic nitrogens is 1. The average Bonchev–Trinajstić information content (AvgIpc) is 2.41. The Bertz CT molecular complexity index is 828. The minimum Gasteiger partial charge on any atom is -0.438 e. The molecule has 0 spiro atoms. The molecule has 4 nitrogen and oxygen atoms in total. The number of alkyl halides is 3. The van der Waals surface area contributed by atoms with Crippen LogP contribution in [0.25, 0.3) is 0 Å². The molecule has 0 bridgehead atoms. The zero-order valence-electron chi connectivity index (χ0n) is 12.0. The summed E-state index contributed by atoms with van der Waals surface area (Å²) in [6.07, 6.45) is -3.45. The van der Waals surface area contributed by atoms with E-state index in [2.05, 4.69) is 4.98 Å². The van der Waals surface area contributed by atoms with Gasteiger partial charge in [-0.3, -0.25) is 0 Å². The monoisotopic (exact) mass is 365 g/mol. The first kappa shape index (κ1) is 17.6.